The number of nitrogens with zero attached hydrogens (tertiary/aromatic N) is 3. The third-order valence-corrected chi connectivity index (χ3v) is 7.55. The van der Waals surface area contributed by atoms with Crippen LogP contribution in [0.4, 0.5) is 23.9 Å². The molecule has 0 aliphatic carbocycles. The fourth-order valence-electron chi connectivity index (χ4n) is 4.51. The maximum Gasteiger partial charge on any atom is 0.417 e. The average Bonchev–Trinajstić information content (AvgIpc) is 2.96. The van der Waals surface area contributed by atoms with Crippen LogP contribution < -0.4 is 16.2 Å². The highest BCUT2D eigenvalue weighted by Gasteiger charge is 2.36. The molecule has 2 aromatic carbocycles. The van der Waals surface area contributed by atoms with Gasteiger partial charge in [0.1, 0.15) is 0 Å². The summed E-state index contributed by atoms with van der Waals surface area (Å²) in [6.45, 7) is 7.12. The minimum absolute atomic E-state index is 0.0738. The lowest BCUT2D eigenvalue weighted by Gasteiger charge is -2.35. The van der Waals surface area contributed by atoms with Gasteiger partial charge in [0, 0.05) is 34.7 Å². The Bertz CT molecular complexity index is 1660. The molecule has 10 nitrogen and oxygen atoms in total. The van der Waals surface area contributed by atoms with Crippen LogP contribution in [-0.2, 0) is 23.9 Å². The van der Waals surface area contributed by atoms with Gasteiger partial charge in [-0.1, -0.05) is 22.0 Å². The second kappa shape index (κ2) is 12.4. The van der Waals surface area contributed by atoms with Gasteiger partial charge >= 0.3 is 18.2 Å². The van der Waals surface area contributed by atoms with Crippen molar-refractivity contribution in [1.29, 1.82) is 0 Å². The molecule has 43 heavy (non-hydrogen) atoms. The van der Waals surface area contributed by atoms with E-state index in [0.29, 0.717) is 16.9 Å². The van der Waals surface area contributed by atoms with Crippen LogP contribution in [0.15, 0.2) is 64.4 Å². The number of aromatic nitrogens is 2. The second-order valence-electron chi connectivity index (χ2n) is 9.82. The highest BCUT2D eigenvalue weighted by atomic mass is 79.9. The Hall–Kier alpha value is -4.46. The number of anilines is 1. The summed E-state index contributed by atoms with van der Waals surface area (Å²) in [6.07, 6.45) is -3.88. The number of alkyl halides is 3. The third-order valence-electron chi connectivity index (χ3n) is 6.85. The number of amides is 2. The summed E-state index contributed by atoms with van der Waals surface area (Å²) in [6, 6.07) is 8.19. The zero-order valence-electron chi connectivity index (χ0n) is 23.3. The maximum absolute atomic E-state index is 13.9. The van der Waals surface area contributed by atoms with Crippen molar-refractivity contribution >= 4 is 39.8 Å². The molecule has 1 aromatic heterocycles. The lowest BCUT2D eigenvalue weighted by Crippen LogP contribution is -2.46. The largest absolute Gasteiger partial charge is 0.417 e. The molecule has 0 bridgehead atoms. The molecule has 1 aliphatic rings. The number of nitrogens with one attached hydrogen (secondary N) is 2. The van der Waals surface area contributed by atoms with E-state index in [9.17, 15) is 32.3 Å². The summed E-state index contributed by atoms with van der Waals surface area (Å²) in [7, 11) is 1.31. The summed E-state index contributed by atoms with van der Waals surface area (Å²) in [5.41, 5.74) is -0.476. The van der Waals surface area contributed by atoms with Gasteiger partial charge in [-0.05, 0) is 62.7 Å². The molecule has 2 heterocycles. The van der Waals surface area contributed by atoms with Gasteiger partial charge in [0.25, 0.3) is 11.5 Å². The highest BCUT2D eigenvalue weighted by Crippen LogP contribution is 2.36. The quantitative estimate of drug-likeness (QED) is 0.215. The zero-order chi connectivity index (χ0) is 31.6. The molecule has 14 heteroatoms. The number of benzene rings is 2. The first-order valence-corrected chi connectivity index (χ1v) is 13.8. The van der Waals surface area contributed by atoms with Crippen molar-refractivity contribution in [1.82, 2.24) is 19.8 Å². The van der Waals surface area contributed by atoms with Crippen LogP contribution in [0.5, 0.6) is 0 Å². The molecule has 1 aliphatic heterocycles. The van der Waals surface area contributed by atoms with E-state index in [2.05, 4.69) is 42.9 Å². The fraction of sp³-hybridized carbons (Fsp3) is 0.276. The fourth-order valence-corrected chi connectivity index (χ4v) is 4.98. The van der Waals surface area contributed by atoms with E-state index < -0.39 is 41.3 Å². The Morgan fingerprint density at radius 2 is 1.81 bits per heavy atom. The predicted octanol–water partition coefficient (Wildman–Crippen LogP) is 5.08. The number of carbonyl (C=O) groups is 3. The van der Waals surface area contributed by atoms with Crippen molar-refractivity contribution in [2.75, 3.05) is 12.4 Å². The van der Waals surface area contributed by atoms with E-state index >= 15 is 0 Å². The van der Waals surface area contributed by atoms with Crippen molar-refractivity contribution in [3.8, 4) is 5.69 Å². The SMILES string of the molecule is C=C[C@H](C)Nc1nc2c(c(=O)n1-c1ccc(C(=O)OC(=O)NC)cc1)C[C@@H](C)N(C(=O)c1ccc(Br)c(C(F)(F)F)c1)C2. The van der Waals surface area contributed by atoms with E-state index in [1.165, 1.54) is 52.9 Å². The number of carbonyl (C=O) groups excluding carboxylic acids is 3. The first kappa shape index (κ1) is 31.5. The maximum atomic E-state index is 13.9. The van der Waals surface area contributed by atoms with Crippen LogP contribution in [0.1, 0.15) is 51.4 Å². The van der Waals surface area contributed by atoms with E-state index in [0.717, 1.165) is 6.07 Å². The Kier molecular flexibility index (Phi) is 9.09. The Labute approximate surface area is 252 Å². The monoisotopic (exact) mass is 661 g/mol. The lowest BCUT2D eigenvalue weighted by atomic mass is 9.98. The number of ether oxygens (including phenoxy) is 1. The van der Waals surface area contributed by atoms with E-state index in [-0.39, 0.29) is 40.6 Å². The van der Waals surface area contributed by atoms with Gasteiger partial charge in [-0.3, -0.25) is 9.59 Å². The molecule has 0 radical (unpaired) electrons. The van der Waals surface area contributed by atoms with E-state index in [1.807, 2.05) is 0 Å². The van der Waals surface area contributed by atoms with Crippen molar-refractivity contribution in [2.45, 2.75) is 45.1 Å². The van der Waals surface area contributed by atoms with Gasteiger partial charge in [-0.15, -0.1) is 6.58 Å². The highest BCUT2D eigenvalue weighted by molar-refractivity contribution is 9.10. The van der Waals surface area contributed by atoms with Crippen LogP contribution in [0.25, 0.3) is 5.69 Å². The van der Waals surface area contributed by atoms with Crippen LogP contribution in [0.3, 0.4) is 0 Å². The van der Waals surface area contributed by atoms with Crippen molar-refractivity contribution in [3.05, 3.63) is 97.9 Å². The molecule has 226 valence electrons. The van der Waals surface area contributed by atoms with Gasteiger partial charge < -0.3 is 20.3 Å². The molecule has 2 N–H and O–H groups in total. The molecule has 0 saturated carbocycles. The second-order valence-corrected chi connectivity index (χ2v) is 10.7. The van der Waals surface area contributed by atoms with Crippen molar-refractivity contribution < 1.29 is 32.3 Å². The number of hydrogen-bond donors (Lipinski definition) is 2. The number of fused-ring (bicyclic) bond motifs is 1. The summed E-state index contributed by atoms with van der Waals surface area (Å²) >= 11 is 2.89. The molecule has 0 fully saturated rings. The van der Waals surface area contributed by atoms with Crippen LogP contribution in [-0.4, -0.2) is 51.6 Å². The molecule has 2 atom stereocenters. The summed E-state index contributed by atoms with van der Waals surface area (Å²) in [5.74, 6) is -1.38. The van der Waals surface area contributed by atoms with E-state index in [1.54, 1.807) is 19.9 Å². The van der Waals surface area contributed by atoms with Gasteiger partial charge in [-0.25, -0.2) is 19.1 Å². The van der Waals surface area contributed by atoms with Crippen LogP contribution in [0.2, 0.25) is 0 Å². The first-order valence-electron chi connectivity index (χ1n) is 13.0. The number of esters is 1. The first-order chi connectivity index (χ1) is 20.2. The molecular formula is C29H27BrF3N5O5. The van der Waals surface area contributed by atoms with Gasteiger partial charge in [0.05, 0.1) is 29.1 Å². The summed E-state index contributed by atoms with van der Waals surface area (Å²) in [5, 5.41) is 5.27. The van der Waals surface area contributed by atoms with Crippen LogP contribution >= 0.6 is 15.9 Å². The normalized spacial score (nSPS) is 15.2. The van der Waals surface area contributed by atoms with Crippen molar-refractivity contribution in [3.63, 3.8) is 0 Å². The number of alkyl carbamates (subject to hydrolysis) is 1. The van der Waals surface area contributed by atoms with Crippen molar-refractivity contribution in [2.24, 2.45) is 0 Å². The molecule has 4 rings (SSSR count). The standard InChI is InChI=1S/C29H27BrF3N5O5/c1-5-15(2)35-27-36-23-14-37(24(39)18-8-11-22(30)21(13-18)29(31,32)33)16(3)12-20(23)25(40)38(27)19-9-6-17(7-10-19)26(41)43-28(42)34-4/h5-11,13,15-16H,1,12,14H2,2-4H3,(H,34,42)(H,35,36)/t15-,16+/m0/s1. The zero-order valence-corrected chi connectivity index (χ0v) is 24.9. The number of halogens is 4. The summed E-state index contributed by atoms with van der Waals surface area (Å²) < 4.78 is 46.2. The molecular weight excluding hydrogens is 635 g/mol. The number of rotatable bonds is 6. The Balaban J connectivity index is 1.73. The molecule has 0 saturated heterocycles. The van der Waals surface area contributed by atoms with Gasteiger partial charge in [0.2, 0.25) is 5.95 Å². The Morgan fingerprint density at radius 3 is 2.42 bits per heavy atom. The molecule has 0 unspecified atom stereocenters. The molecule has 2 amide bonds. The topological polar surface area (TPSA) is 123 Å². The minimum atomic E-state index is -4.66. The predicted molar refractivity (Wildman–Crippen MR) is 155 cm³/mol. The number of hydrogen-bond acceptors (Lipinski definition) is 7. The minimum Gasteiger partial charge on any atom is -0.373 e. The van der Waals surface area contributed by atoms with Gasteiger partial charge in [-0.2, -0.15) is 13.2 Å². The van der Waals surface area contributed by atoms with Crippen LogP contribution in [0, 0.1) is 0 Å². The molecule has 0 spiro atoms. The van der Waals surface area contributed by atoms with E-state index in [4.69, 9.17) is 0 Å². The van der Waals surface area contributed by atoms with Gasteiger partial charge in [0.15, 0.2) is 0 Å². The Morgan fingerprint density at radius 1 is 1.16 bits per heavy atom. The average molecular weight is 662 g/mol. The molecule has 3 aromatic rings. The smallest absolute Gasteiger partial charge is 0.373 e. The lowest BCUT2D eigenvalue weighted by molar-refractivity contribution is -0.138. The third kappa shape index (κ3) is 6.63. The summed E-state index contributed by atoms with van der Waals surface area (Å²) in [4.78, 5) is 56.9.